The number of ether oxygens (including phenoxy) is 1. The van der Waals surface area contributed by atoms with E-state index in [-0.39, 0.29) is 11.7 Å². The molecule has 2 heterocycles. The molecule has 0 aliphatic heterocycles. The molecule has 0 radical (unpaired) electrons. The Morgan fingerprint density at radius 3 is 2.71 bits per heavy atom. The number of anilines is 2. The van der Waals surface area contributed by atoms with Gasteiger partial charge in [-0.3, -0.25) is 4.68 Å². The van der Waals surface area contributed by atoms with Crippen molar-refractivity contribution in [2.45, 2.75) is 6.54 Å². The SMILES string of the molecule is COC(=O)c1cc(-c2ccccc2)sc1NC(=S)Nc1nn(Cc2c(F)cccc2Cl)cc1Br. The van der Waals surface area contributed by atoms with Crippen molar-refractivity contribution in [3.8, 4) is 10.4 Å². The maximum Gasteiger partial charge on any atom is 0.340 e. The van der Waals surface area contributed by atoms with E-state index in [0.717, 1.165) is 10.4 Å². The number of hydrogen-bond acceptors (Lipinski definition) is 5. The van der Waals surface area contributed by atoms with E-state index in [4.69, 9.17) is 28.6 Å². The number of carbonyl (C=O) groups excluding carboxylic acids is 1. The van der Waals surface area contributed by atoms with Gasteiger partial charge in [0.25, 0.3) is 0 Å². The summed E-state index contributed by atoms with van der Waals surface area (Å²) >= 11 is 16.4. The first-order chi connectivity index (χ1) is 16.4. The van der Waals surface area contributed by atoms with Crippen LogP contribution in [-0.2, 0) is 11.3 Å². The largest absolute Gasteiger partial charge is 0.465 e. The van der Waals surface area contributed by atoms with Gasteiger partial charge >= 0.3 is 5.97 Å². The highest BCUT2D eigenvalue weighted by Gasteiger charge is 2.19. The van der Waals surface area contributed by atoms with Crippen LogP contribution in [0.1, 0.15) is 15.9 Å². The van der Waals surface area contributed by atoms with Crippen molar-refractivity contribution in [2.24, 2.45) is 0 Å². The average Bonchev–Trinajstić information content (AvgIpc) is 3.39. The molecule has 0 saturated heterocycles. The van der Waals surface area contributed by atoms with Crippen LogP contribution in [0.5, 0.6) is 0 Å². The Kier molecular flexibility index (Phi) is 7.62. The minimum absolute atomic E-state index is 0.143. The molecule has 0 aliphatic rings. The standard InChI is InChI=1S/C23H17BrClFN4O2S2/c1-32-22(31)14-10-19(13-6-3-2-4-7-13)34-21(14)28-23(33)27-20-16(24)12-30(29-20)11-15-17(25)8-5-9-18(15)26/h2-10,12H,11H2,1H3,(H2,27,28,29,33). The van der Waals surface area contributed by atoms with Crippen LogP contribution in [0.2, 0.25) is 5.02 Å². The zero-order valence-corrected chi connectivity index (χ0v) is 21.6. The summed E-state index contributed by atoms with van der Waals surface area (Å²) in [6.45, 7) is 0.143. The van der Waals surface area contributed by atoms with E-state index >= 15 is 0 Å². The molecule has 0 spiro atoms. The zero-order valence-electron chi connectivity index (χ0n) is 17.6. The first kappa shape index (κ1) is 24.3. The Hall–Kier alpha value is -2.79. The Labute approximate surface area is 217 Å². The lowest BCUT2D eigenvalue weighted by Gasteiger charge is -2.09. The Balaban J connectivity index is 1.52. The van der Waals surface area contributed by atoms with E-state index < -0.39 is 11.8 Å². The fourth-order valence-corrected chi connectivity index (χ4v) is 5.10. The first-order valence-corrected chi connectivity index (χ1v) is 12.3. The molecule has 2 N–H and O–H groups in total. The van der Waals surface area contributed by atoms with Gasteiger partial charge in [-0.2, -0.15) is 5.10 Å². The van der Waals surface area contributed by atoms with Crippen LogP contribution in [0.3, 0.4) is 0 Å². The van der Waals surface area contributed by atoms with Gasteiger partial charge in [-0.05, 0) is 51.9 Å². The molecule has 0 bridgehead atoms. The normalized spacial score (nSPS) is 10.7. The number of esters is 1. The monoisotopic (exact) mass is 578 g/mol. The average molecular weight is 580 g/mol. The molecule has 0 aliphatic carbocycles. The van der Waals surface area contributed by atoms with Gasteiger partial charge in [0.2, 0.25) is 0 Å². The van der Waals surface area contributed by atoms with Crippen LogP contribution in [0.25, 0.3) is 10.4 Å². The Morgan fingerprint density at radius 1 is 1.24 bits per heavy atom. The zero-order chi connectivity index (χ0) is 24.2. The number of hydrogen-bond donors (Lipinski definition) is 2. The quantitative estimate of drug-likeness (QED) is 0.193. The van der Waals surface area contributed by atoms with Crippen LogP contribution in [-0.4, -0.2) is 28.0 Å². The second-order valence-corrected chi connectivity index (χ2v) is 9.74. The molecular weight excluding hydrogens is 563 g/mol. The highest BCUT2D eigenvalue weighted by molar-refractivity contribution is 9.10. The van der Waals surface area contributed by atoms with Gasteiger partial charge in [-0.15, -0.1) is 11.3 Å². The Bertz CT molecular complexity index is 1340. The number of thiocarbonyl (C=S) groups is 1. The van der Waals surface area contributed by atoms with Crippen molar-refractivity contribution < 1.29 is 13.9 Å². The van der Waals surface area contributed by atoms with Crippen LogP contribution in [0.4, 0.5) is 15.2 Å². The van der Waals surface area contributed by atoms with Crippen LogP contribution < -0.4 is 10.6 Å². The second kappa shape index (κ2) is 10.6. The summed E-state index contributed by atoms with van der Waals surface area (Å²) in [4.78, 5) is 13.2. The number of carbonyl (C=O) groups is 1. The number of methoxy groups -OCH3 is 1. The maximum atomic E-state index is 14.1. The maximum absolute atomic E-state index is 14.1. The lowest BCUT2D eigenvalue weighted by atomic mass is 10.1. The molecule has 34 heavy (non-hydrogen) atoms. The van der Waals surface area contributed by atoms with Crippen molar-refractivity contribution in [2.75, 3.05) is 17.7 Å². The number of rotatable bonds is 6. The third-order valence-electron chi connectivity index (χ3n) is 4.75. The van der Waals surface area contributed by atoms with E-state index in [0.29, 0.717) is 31.4 Å². The molecular formula is C23H17BrClFN4O2S2. The van der Waals surface area contributed by atoms with Gasteiger partial charge in [0.05, 0.1) is 23.7 Å². The summed E-state index contributed by atoms with van der Waals surface area (Å²) in [6.07, 6.45) is 1.69. The summed E-state index contributed by atoms with van der Waals surface area (Å²) in [7, 11) is 1.33. The van der Waals surface area contributed by atoms with Gasteiger partial charge in [0.15, 0.2) is 10.9 Å². The number of nitrogens with zero attached hydrogens (tertiary/aromatic N) is 2. The van der Waals surface area contributed by atoms with Gasteiger partial charge in [-0.1, -0.05) is 48.0 Å². The predicted molar refractivity (Wildman–Crippen MR) is 141 cm³/mol. The smallest absolute Gasteiger partial charge is 0.340 e. The molecule has 4 aromatic rings. The third kappa shape index (κ3) is 5.47. The summed E-state index contributed by atoms with van der Waals surface area (Å²) in [5.41, 5.74) is 1.67. The molecule has 0 unspecified atom stereocenters. The molecule has 0 atom stereocenters. The van der Waals surface area contributed by atoms with Gasteiger partial charge in [0, 0.05) is 21.7 Å². The lowest BCUT2D eigenvalue weighted by molar-refractivity contribution is 0.0602. The third-order valence-corrected chi connectivity index (χ3v) is 6.99. The molecule has 2 aromatic carbocycles. The summed E-state index contributed by atoms with van der Waals surface area (Å²) in [6, 6.07) is 16.0. The van der Waals surface area contributed by atoms with Gasteiger partial charge in [-0.25, -0.2) is 9.18 Å². The minimum Gasteiger partial charge on any atom is -0.465 e. The summed E-state index contributed by atoms with van der Waals surface area (Å²) in [5, 5.41) is 11.5. The number of benzene rings is 2. The fraction of sp³-hybridized carbons (Fsp3) is 0.0870. The summed E-state index contributed by atoms with van der Waals surface area (Å²) < 4.78 is 21.2. The van der Waals surface area contributed by atoms with Crippen molar-refractivity contribution >= 4 is 73.0 Å². The molecule has 4 rings (SSSR count). The minimum atomic E-state index is -0.476. The number of thiophene rings is 1. The highest BCUT2D eigenvalue weighted by atomic mass is 79.9. The van der Waals surface area contributed by atoms with Crippen molar-refractivity contribution in [1.82, 2.24) is 9.78 Å². The van der Waals surface area contributed by atoms with Crippen molar-refractivity contribution in [3.63, 3.8) is 0 Å². The molecule has 2 aromatic heterocycles. The number of nitrogens with one attached hydrogen (secondary N) is 2. The van der Waals surface area contributed by atoms with Crippen molar-refractivity contribution in [3.05, 3.63) is 87.2 Å². The van der Waals surface area contributed by atoms with E-state index in [2.05, 4.69) is 31.7 Å². The van der Waals surface area contributed by atoms with E-state index in [1.54, 1.807) is 24.4 Å². The molecule has 0 fully saturated rings. The second-order valence-electron chi connectivity index (χ2n) is 7.01. The highest BCUT2D eigenvalue weighted by Crippen LogP contribution is 2.36. The van der Waals surface area contributed by atoms with Crippen LogP contribution in [0.15, 0.2) is 65.3 Å². The van der Waals surface area contributed by atoms with E-state index in [9.17, 15) is 9.18 Å². The molecule has 0 saturated carbocycles. The van der Waals surface area contributed by atoms with Crippen LogP contribution >= 0.6 is 51.1 Å². The Morgan fingerprint density at radius 2 is 2.00 bits per heavy atom. The lowest BCUT2D eigenvalue weighted by Crippen LogP contribution is -2.20. The van der Waals surface area contributed by atoms with Gasteiger partial charge < -0.3 is 15.4 Å². The van der Waals surface area contributed by atoms with E-state index in [1.165, 1.54) is 29.2 Å². The molecule has 11 heteroatoms. The summed E-state index contributed by atoms with van der Waals surface area (Å²) in [5.74, 6) is -0.464. The molecule has 6 nitrogen and oxygen atoms in total. The predicted octanol–water partition coefficient (Wildman–Crippen LogP) is 6.81. The topological polar surface area (TPSA) is 68.2 Å². The number of halogens is 3. The van der Waals surface area contributed by atoms with Crippen molar-refractivity contribution in [1.29, 1.82) is 0 Å². The molecule has 0 amide bonds. The van der Waals surface area contributed by atoms with Crippen LogP contribution in [0, 0.1) is 5.82 Å². The van der Waals surface area contributed by atoms with Gasteiger partial charge in [0.1, 0.15) is 10.8 Å². The van der Waals surface area contributed by atoms with E-state index in [1.807, 2.05) is 30.3 Å². The fourth-order valence-electron chi connectivity index (χ4n) is 3.14. The molecule has 174 valence electrons. The first-order valence-electron chi connectivity index (χ1n) is 9.87. The number of aromatic nitrogens is 2.